The first kappa shape index (κ1) is 14.7. The molecule has 0 fully saturated rings. The van der Waals surface area contributed by atoms with Crippen molar-refractivity contribution in [3.63, 3.8) is 0 Å². The fourth-order valence-corrected chi connectivity index (χ4v) is 1.22. The van der Waals surface area contributed by atoms with E-state index in [0.29, 0.717) is 19.7 Å². The van der Waals surface area contributed by atoms with Gasteiger partial charge in [-0.3, -0.25) is 4.79 Å². The predicted octanol–water partition coefficient (Wildman–Crippen LogP) is 0.527. The number of methoxy groups -OCH3 is 1. The maximum absolute atomic E-state index is 11.6. The largest absolute Gasteiger partial charge is 0.481 e. The summed E-state index contributed by atoms with van der Waals surface area (Å²) in [5.41, 5.74) is 0. The first-order valence-corrected chi connectivity index (χ1v) is 5.27. The molecule has 6 nitrogen and oxygen atoms in total. The summed E-state index contributed by atoms with van der Waals surface area (Å²) in [6.07, 6.45) is -0.0758. The fraction of sp³-hybridized carbons (Fsp3) is 0.800. The Morgan fingerprint density at radius 3 is 2.56 bits per heavy atom. The highest BCUT2D eigenvalue weighted by Crippen LogP contribution is 1.95. The van der Waals surface area contributed by atoms with Crippen LogP contribution in [0.5, 0.6) is 0 Å². The van der Waals surface area contributed by atoms with Gasteiger partial charge in [-0.25, -0.2) is 4.79 Å². The molecule has 0 rings (SSSR count). The van der Waals surface area contributed by atoms with E-state index >= 15 is 0 Å². The average Bonchev–Trinajstić information content (AvgIpc) is 2.17. The zero-order valence-electron chi connectivity index (χ0n) is 10.0. The summed E-state index contributed by atoms with van der Waals surface area (Å²) in [4.78, 5) is 23.6. The van der Waals surface area contributed by atoms with Gasteiger partial charge in [0.1, 0.15) is 0 Å². The third-order valence-electron chi connectivity index (χ3n) is 2.08. The van der Waals surface area contributed by atoms with Crippen molar-refractivity contribution in [3.05, 3.63) is 0 Å². The van der Waals surface area contributed by atoms with E-state index in [1.54, 1.807) is 18.9 Å². The van der Waals surface area contributed by atoms with E-state index in [-0.39, 0.29) is 18.5 Å². The van der Waals surface area contributed by atoms with E-state index in [1.165, 1.54) is 0 Å². The van der Waals surface area contributed by atoms with E-state index in [1.807, 2.05) is 6.92 Å². The topological polar surface area (TPSA) is 78.9 Å². The van der Waals surface area contributed by atoms with Gasteiger partial charge in [-0.05, 0) is 13.8 Å². The average molecular weight is 232 g/mol. The first-order valence-electron chi connectivity index (χ1n) is 5.27. The van der Waals surface area contributed by atoms with Gasteiger partial charge in [0, 0.05) is 26.2 Å². The SMILES string of the molecule is CCN(CCOC)C(=O)NC(C)CC(=O)O. The van der Waals surface area contributed by atoms with Crippen molar-refractivity contribution in [2.24, 2.45) is 0 Å². The minimum absolute atomic E-state index is 0.0758. The summed E-state index contributed by atoms with van der Waals surface area (Å²) >= 11 is 0. The van der Waals surface area contributed by atoms with Crippen molar-refractivity contribution in [1.29, 1.82) is 0 Å². The fourth-order valence-electron chi connectivity index (χ4n) is 1.22. The Kier molecular flexibility index (Phi) is 7.28. The molecule has 6 heteroatoms. The molecular weight excluding hydrogens is 212 g/mol. The van der Waals surface area contributed by atoms with Crippen LogP contribution in [0, 0.1) is 0 Å². The van der Waals surface area contributed by atoms with Gasteiger partial charge in [0.25, 0.3) is 0 Å². The van der Waals surface area contributed by atoms with Crippen molar-refractivity contribution in [1.82, 2.24) is 10.2 Å². The Morgan fingerprint density at radius 2 is 2.12 bits per heavy atom. The molecule has 2 amide bonds. The van der Waals surface area contributed by atoms with Crippen molar-refractivity contribution >= 4 is 12.0 Å². The Labute approximate surface area is 95.6 Å². The van der Waals surface area contributed by atoms with E-state index in [9.17, 15) is 9.59 Å². The number of ether oxygens (including phenoxy) is 1. The van der Waals surface area contributed by atoms with E-state index in [0.717, 1.165) is 0 Å². The molecule has 0 radical (unpaired) electrons. The summed E-state index contributed by atoms with van der Waals surface area (Å²) < 4.78 is 4.88. The molecule has 0 aliphatic heterocycles. The predicted molar refractivity (Wildman–Crippen MR) is 59.4 cm³/mol. The lowest BCUT2D eigenvalue weighted by atomic mass is 10.2. The summed E-state index contributed by atoms with van der Waals surface area (Å²) in [5.74, 6) is -0.923. The summed E-state index contributed by atoms with van der Waals surface area (Å²) in [7, 11) is 1.57. The number of carbonyl (C=O) groups is 2. The van der Waals surface area contributed by atoms with Crippen LogP contribution < -0.4 is 5.32 Å². The smallest absolute Gasteiger partial charge is 0.317 e. The Morgan fingerprint density at radius 1 is 1.50 bits per heavy atom. The number of carboxylic acids is 1. The van der Waals surface area contributed by atoms with Crippen LogP contribution in [0.1, 0.15) is 20.3 Å². The van der Waals surface area contributed by atoms with Gasteiger partial charge < -0.3 is 20.1 Å². The number of hydrogen-bond acceptors (Lipinski definition) is 3. The normalized spacial score (nSPS) is 11.9. The number of rotatable bonds is 7. The lowest BCUT2D eigenvalue weighted by Gasteiger charge is -2.23. The number of likely N-dealkylation sites (N-methyl/N-ethyl adjacent to an activating group) is 1. The van der Waals surface area contributed by atoms with Gasteiger partial charge in [0.05, 0.1) is 13.0 Å². The number of urea groups is 1. The molecule has 0 aromatic carbocycles. The van der Waals surface area contributed by atoms with Gasteiger partial charge in [-0.1, -0.05) is 0 Å². The van der Waals surface area contributed by atoms with Gasteiger partial charge in [0.15, 0.2) is 0 Å². The van der Waals surface area contributed by atoms with Crippen molar-refractivity contribution in [2.75, 3.05) is 26.8 Å². The first-order chi connectivity index (χ1) is 7.51. The summed E-state index contributed by atoms with van der Waals surface area (Å²) in [6.45, 7) is 5.05. The zero-order valence-corrected chi connectivity index (χ0v) is 10.0. The van der Waals surface area contributed by atoms with Crippen LogP contribution in [0.3, 0.4) is 0 Å². The molecule has 0 saturated carbocycles. The van der Waals surface area contributed by atoms with E-state index in [2.05, 4.69) is 5.32 Å². The van der Waals surface area contributed by atoms with Crippen LogP contribution in [-0.4, -0.2) is 54.9 Å². The zero-order chi connectivity index (χ0) is 12.6. The minimum atomic E-state index is -0.923. The molecular formula is C10H20N2O4. The lowest BCUT2D eigenvalue weighted by Crippen LogP contribution is -2.45. The number of hydrogen-bond donors (Lipinski definition) is 2. The standard InChI is InChI=1S/C10H20N2O4/c1-4-12(5-6-16-3)10(15)11-8(2)7-9(13)14/h8H,4-7H2,1-3H3,(H,11,15)(H,13,14). The van der Waals surface area contributed by atoms with Crippen LogP contribution in [-0.2, 0) is 9.53 Å². The molecule has 0 bridgehead atoms. The van der Waals surface area contributed by atoms with Gasteiger partial charge in [-0.15, -0.1) is 0 Å². The van der Waals surface area contributed by atoms with Crippen LogP contribution in [0.25, 0.3) is 0 Å². The molecule has 0 aliphatic rings. The lowest BCUT2D eigenvalue weighted by molar-refractivity contribution is -0.137. The highest BCUT2D eigenvalue weighted by molar-refractivity contribution is 5.75. The van der Waals surface area contributed by atoms with E-state index in [4.69, 9.17) is 9.84 Å². The van der Waals surface area contributed by atoms with Crippen LogP contribution in [0.15, 0.2) is 0 Å². The Balaban J connectivity index is 4.04. The van der Waals surface area contributed by atoms with Crippen LogP contribution >= 0.6 is 0 Å². The van der Waals surface area contributed by atoms with Crippen LogP contribution in [0.2, 0.25) is 0 Å². The van der Waals surface area contributed by atoms with Crippen molar-refractivity contribution < 1.29 is 19.4 Å². The number of nitrogens with one attached hydrogen (secondary N) is 1. The minimum Gasteiger partial charge on any atom is -0.481 e. The molecule has 16 heavy (non-hydrogen) atoms. The molecule has 94 valence electrons. The molecule has 0 spiro atoms. The highest BCUT2D eigenvalue weighted by Gasteiger charge is 2.15. The molecule has 1 atom stereocenters. The second-order valence-electron chi connectivity index (χ2n) is 3.52. The monoisotopic (exact) mass is 232 g/mol. The van der Waals surface area contributed by atoms with Crippen molar-refractivity contribution in [2.45, 2.75) is 26.3 Å². The summed E-state index contributed by atoms with van der Waals surface area (Å²) in [5, 5.41) is 11.2. The molecule has 0 aromatic heterocycles. The third kappa shape index (κ3) is 6.23. The number of carbonyl (C=O) groups excluding carboxylic acids is 1. The van der Waals surface area contributed by atoms with Crippen molar-refractivity contribution in [3.8, 4) is 0 Å². The van der Waals surface area contributed by atoms with E-state index < -0.39 is 5.97 Å². The second kappa shape index (κ2) is 7.92. The van der Waals surface area contributed by atoms with Gasteiger partial charge in [-0.2, -0.15) is 0 Å². The molecule has 0 heterocycles. The number of nitrogens with zero attached hydrogens (tertiary/aromatic N) is 1. The molecule has 2 N–H and O–H groups in total. The van der Waals surface area contributed by atoms with Gasteiger partial charge >= 0.3 is 12.0 Å². The molecule has 1 unspecified atom stereocenters. The highest BCUT2D eigenvalue weighted by atomic mass is 16.5. The quantitative estimate of drug-likeness (QED) is 0.671. The number of carboxylic acid groups (broad SMARTS) is 1. The summed E-state index contributed by atoms with van der Waals surface area (Å²) in [6, 6.07) is -0.630. The molecule has 0 aliphatic carbocycles. The third-order valence-corrected chi connectivity index (χ3v) is 2.08. The molecule has 0 saturated heterocycles. The second-order valence-corrected chi connectivity index (χ2v) is 3.52. The number of amides is 2. The van der Waals surface area contributed by atoms with Crippen LogP contribution in [0.4, 0.5) is 4.79 Å². The Hall–Kier alpha value is -1.30. The molecule has 0 aromatic rings. The maximum atomic E-state index is 11.6. The maximum Gasteiger partial charge on any atom is 0.317 e. The number of aliphatic carboxylic acids is 1. The Bertz CT molecular complexity index is 233. The van der Waals surface area contributed by atoms with Gasteiger partial charge in [0.2, 0.25) is 0 Å².